The first-order valence-electron chi connectivity index (χ1n) is 6.02. The fourth-order valence-corrected chi connectivity index (χ4v) is 1.23. The summed E-state index contributed by atoms with van der Waals surface area (Å²) in [5.41, 5.74) is -1.31. The molecule has 19 heavy (non-hydrogen) atoms. The monoisotopic (exact) mass is 274 g/mol. The first-order chi connectivity index (χ1) is 8.64. The molecular formula is C12H22N2O5. The number of hydrogen-bond donors (Lipinski definition) is 1. The van der Waals surface area contributed by atoms with Gasteiger partial charge in [0.2, 0.25) is 0 Å². The molecule has 0 heterocycles. The topological polar surface area (TPSA) is 87.2 Å². The first-order valence-corrected chi connectivity index (χ1v) is 6.02. The molecule has 0 aliphatic rings. The van der Waals surface area contributed by atoms with Crippen molar-refractivity contribution < 1.29 is 24.2 Å². The van der Waals surface area contributed by atoms with Gasteiger partial charge in [0, 0.05) is 20.6 Å². The summed E-state index contributed by atoms with van der Waals surface area (Å²) >= 11 is 0. The maximum absolute atomic E-state index is 12.0. The van der Waals surface area contributed by atoms with Crippen LogP contribution in [-0.2, 0) is 14.3 Å². The van der Waals surface area contributed by atoms with Crippen molar-refractivity contribution in [3.05, 3.63) is 0 Å². The van der Waals surface area contributed by atoms with Gasteiger partial charge in [0.05, 0.1) is 13.0 Å². The third-order valence-corrected chi connectivity index (χ3v) is 2.93. The van der Waals surface area contributed by atoms with Crippen LogP contribution in [0.25, 0.3) is 0 Å². The molecule has 7 heteroatoms. The number of carboxylic acids is 1. The number of aliphatic carboxylic acids is 1. The SMILES string of the molecule is CCOC(=O)CCN(C)C(=O)N(C)C(C)(C)C(=O)O. The molecule has 0 aromatic rings. The lowest BCUT2D eigenvalue weighted by atomic mass is 10.0. The van der Waals surface area contributed by atoms with Gasteiger partial charge in [0.25, 0.3) is 0 Å². The van der Waals surface area contributed by atoms with E-state index in [0.29, 0.717) is 6.61 Å². The molecule has 0 saturated heterocycles. The van der Waals surface area contributed by atoms with Gasteiger partial charge in [-0.2, -0.15) is 0 Å². The molecule has 0 aromatic heterocycles. The number of likely N-dealkylation sites (N-methyl/N-ethyl adjacent to an activating group) is 1. The largest absolute Gasteiger partial charge is 0.480 e. The molecule has 0 rings (SSSR count). The van der Waals surface area contributed by atoms with Gasteiger partial charge < -0.3 is 19.6 Å². The molecule has 2 amide bonds. The van der Waals surface area contributed by atoms with Crippen LogP contribution in [0, 0.1) is 0 Å². The van der Waals surface area contributed by atoms with Gasteiger partial charge in [-0.05, 0) is 20.8 Å². The highest BCUT2D eigenvalue weighted by atomic mass is 16.5. The Morgan fingerprint density at radius 1 is 1.21 bits per heavy atom. The first kappa shape index (κ1) is 17.2. The van der Waals surface area contributed by atoms with Crippen molar-refractivity contribution in [2.24, 2.45) is 0 Å². The Hall–Kier alpha value is -1.79. The summed E-state index contributed by atoms with van der Waals surface area (Å²) in [4.78, 5) is 36.7. The van der Waals surface area contributed by atoms with Crippen LogP contribution in [-0.4, -0.2) is 65.7 Å². The van der Waals surface area contributed by atoms with Crippen LogP contribution in [0.15, 0.2) is 0 Å². The summed E-state index contributed by atoms with van der Waals surface area (Å²) in [5.74, 6) is -1.48. The second-order valence-corrected chi connectivity index (χ2v) is 4.68. The van der Waals surface area contributed by atoms with Crippen LogP contribution in [0.5, 0.6) is 0 Å². The molecule has 0 aliphatic heterocycles. The summed E-state index contributed by atoms with van der Waals surface area (Å²) in [7, 11) is 2.92. The summed E-state index contributed by atoms with van der Waals surface area (Å²) in [6.07, 6.45) is 0.0808. The van der Waals surface area contributed by atoms with E-state index in [4.69, 9.17) is 9.84 Å². The quantitative estimate of drug-likeness (QED) is 0.723. The Kier molecular flexibility index (Phi) is 6.31. The van der Waals surface area contributed by atoms with Crippen LogP contribution in [0.2, 0.25) is 0 Å². The molecule has 0 spiro atoms. The molecule has 0 bridgehead atoms. The molecule has 7 nitrogen and oxygen atoms in total. The highest BCUT2D eigenvalue weighted by Crippen LogP contribution is 2.14. The lowest BCUT2D eigenvalue weighted by Gasteiger charge is -2.34. The van der Waals surface area contributed by atoms with Crippen LogP contribution in [0.4, 0.5) is 4.79 Å². The van der Waals surface area contributed by atoms with E-state index in [1.165, 1.54) is 32.8 Å². The molecule has 110 valence electrons. The number of hydrogen-bond acceptors (Lipinski definition) is 4. The molecule has 1 N–H and O–H groups in total. The van der Waals surface area contributed by atoms with Crippen molar-refractivity contribution in [2.75, 3.05) is 27.2 Å². The second-order valence-electron chi connectivity index (χ2n) is 4.68. The van der Waals surface area contributed by atoms with Crippen molar-refractivity contribution in [3.8, 4) is 0 Å². The van der Waals surface area contributed by atoms with E-state index in [1.807, 2.05) is 0 Å². The fraction of sp³-hybridized carbons (Fsp3) is 0.750. The van der Waals surface area contributed by atoms with Crippen LogP contribution < -0.4 is 0 Å². The van der Waals surface area contributed by atoms with E-state index in [9.17, 15) is 14.4 Å². The van der Waals surface area contributed by atoms with Crippen molar-refractivity contribution in [1.82, 2.24) is 9.80 Å². The number of urea groups is 1. The minimum absolute atomic E-state index is 0.0808. The number of rotatable bonds is 6. The molecule has 0 saturated carbocycles. The van der Waals surface area contributed by atoms with Gasteiger partial charge in [-0.25, -0.2) is 9.59 Å². The van der Waals surface area contributed by atoms with Gasteiger partial charge in [-0.3, -0.25) is 4.79 Å². The highest BCUT2D eigenvalue weighted by Gasteiger charge is 2.36. The Morgan fingerprint density at radius 3 is 2.16 bits per heavy atom. The van der Waals surface area contributed by atoms with E-state index in [1.54, 1.807) is 6.92 Å². The minimum Gasteiger partial charge on any atom is -0.480 e. The van der Waals surface area contributed by atoms with E-state index < -0.39 is 17.5 Å². The number of nitrogens with zero attached hydrogens (tertiary/aromatic N) is 2. The third kappa shape index (κ3) is 4.76. The average Bonchev–Trinajstić information content (AvgIpc) is 2.34. The lowest BCUT2D eigenvalue weighted by Crippen LogP contribution is -2.54. The van der Waals surface area contributed by atoms with Crippen molar-refractivity contribution in [3.63, 3.8) is 0 Å². The average molecular weight is 274 g/mol. The molecule has 0 aliphatic carbocycles. The minimum atomic E-state index is -1.31. The van der Waals surface area contributed by atoms with Crippen molar-refractivity contribution >= 4 is 18.0 Å². The zero-order valence-corrected chi connectivity index (χ0v) is 12.1. The summed E-state index contributed by atoms with van der Waals surface area (Å²) in [6.45, 7) is 5.05. The summed E-state index contributed by atoms with van der Waals surface area (Å²) < 4.78 is 4.75. The van der Waals surface area contributed by atoms with Gasteiger partial charge >= 0.3 is 18.0 Å². The molecule has 0 aromatic carbocycles. The van der Waals surface area contributed by atoms with Crippen LogP contribution in [0.3, 0.4) is 0 Å². The fourth-order valence-electron chi connectivity index (χ4n) is 1.23. The van der Waals surface area contributed by atoms with E-state index in [-0.39, 0.29) is 18.9 Å². The highest BCUT2D eigenvalue weighted by molar-refractivity contribution is 5.85. The van der Waals surface area contributed by atoms with E-state index in [2.05, 4.69) is 0 Å². The molecule has 0 fully saturated rings. The molecular weight excluding hydrogens is 252 g/mol. The standard InChI is InChI=1S/C12H22N2O5/c1-6-19-9(15)7-8-13(4)11(18)14(5)12(2,3)10(16)17/h6-8H2,1-5H3,(H,16,17). The van der Waals surface area contributed by atoms with Crippen LogP contribution in [0.1, 0.15) is 27.2 Å². The van der Waals surface area contributed by atoms with Gasteiger partial charge in [0.1, 0.15) is 5.54 Å². The predicted molar refractivity (Wildman–Crippen MR) is 68.8 cm³/mol. The Balaban J connectivity index is 4.49. The number of amides is 2. The maximum atomic E-state index is 12.0. The van der Waals surface area contributed by atoms with E-state index >= 15 is 0 Å². The molecule has 0 atom stereocenters. The second kappa shape index (κ2) is 6.96. The van der Waals surface area contributed by atoms with Crippen molar-refractivity contribution in [1.29, 1.82) is 0 Å². The number of carboxylic acid groups (broad SMARTS) is 1. The summed E-state index contributed by atoms with van der Waals surface area (Å²) in [5, 5.41) is 9.04. The van der Waals surface area contributed by atoms with Crippen LogP contribution >= 0.6 is 0 Å². The number of ether oxygens (including phenoxy) is 1. The zero-order chi connectivity index (χ0) is 15.2. The summed E-state index contributed by atoms with van der Waals surface area (Å²) in [6, 6.07) is -0.461. The number of carbonyl (C=O) groups is 3. The Bertz CT molecular complexity index is 354. The predicted octanol–water partition coefficient (Wildman–Crippen LogP) is 0.786. The maximum Gasteiger partial charge on any atom is 0.329 e. The molecule has 0 unspecified atom stereocenters. The van der Waals surface area contributed by atoms with Gasteiger partial charge in [0.15, 0.2) is 0 Å². The van der Waals surface area contributed by atoms with Gasteiger partial charge in [-0.1, -0.05) is 0 Å². The zero-order valence-electron chi connectivity index (χ0n) is 12.1. The molecule has 0 radical (unpaired) electrons. The number of carbonyl (C=O) groups excluding carboxylic acids is 2. The van der Waals surface area contributed by atoms with E-state index in [0.717, 1.165) is 4.90 Å². The normalized spacial score (nSPS) is 10.8. The van der Waals surface area contributed by atoms with Crippen molar-refractivity contribution in [2.45, 2.75) is 32.7 Å². The Morgan fingerprint density at radius 2 is 1.74 bits per heavy atom. The van der Waals surface area contributed by atoms with Gasteiger partial charge in [-0.15, -0.1) is 0 Å². The third-order valence-electron chi connectivity index (χ3n) is 2.93. The number of esters is 1. The Labute approximate surface area is 113 Å². The smallest absolute Gasteiger partial charge is 0.329 e. The lowest BCUT2D eigenvalue weighted by molar-refractivity contribution is -0.147.